The molecule has 0 unspecified atom stereocenters. The SMILES string of the molecule is O=C1[C@@H](NC[C@@H]2CCCn3ccnc32)CCCN1c1cccc(F)c1. The minimum atomic E-state index is -0.311. The van der Waals surface area contributed by atoms with E-state index in [4.69, 9.17) is 0 Å². The predicted octanol–water partition coefficient (Wildman–Crippen LogP) is 2.68. The fourth-order valence-corrected chi connectivity index (χ4v) is 3.95. The summed E-state index contributed by atoms with van der Waals surface area (Å²) >= 11 is 0. The summed E-state index contributed by atoms with van der Waals surface area (Å²) in [4.78, 5) is 19.0. The van der Waals surface area contributed by atoms with Crippen LogP contribution in [0, 0.1) is 5.82 Å². The smallest absolute Gasteiger partial charge is 0.244 e. The number of aryl methyl sites for hydroxylation is 1. The summed E-state index contributed by atoms with van der Waals surface area (Å²) < 4.78 is 15.7. The van der Waals surface area contributed by atoms with Crippen molar-refractivity contribution in [2.24, 2.45) is 0 Å². The number of nitrogens with zero attached hydrogens (tertiary/aromatic N) is 3. The quantitative estimate of drug-likeness (QED) is 0.929. The zero-order chi connectivity index (χ0) is 17.2. The molecule has 2 aromatic rings. The van der Waals surface area contributed by atoms with Crippen LogP contribution in [0.4, 0.5) is 10.1 Å². The third-order valence-electron chi connectivity index (χ3n) is 5.23. The molecule has 25 heavy (non-hydrogen) atoms. The first-order chi connectivity index (χ1) is 12.2. The van der Waals surface area contributed by atoms with Gasteiger partial charge in [0, 0.05) is 43.6 Å². The van der Waals surface area contributed by atoms with Crippen molar-refractivity contribution in [3.63, 3.8) is 0 Å². The van der Waals surface area contributed by atoms with Crippen LogP contribution in [0.3, 0.4) is 0 Å². The zero-order valence-electron chi connectivity index (χ0n) is 14.2. The van der Waals surface area contributed by atoms with E-state index in [1.54, 1.807) is 17.0 Å². The second kappa shape index (κ2) is 6.96. The van der Waals surface area contributed by atoms with E-state index in [1.165, 1.54) is 12.1 Å². The molecule has 0 spiro atoms. The lowest BCUT2D eigenvalue weighted by Gasteiger charge is -2.34. The molecule has 0 aliphatic carbocycles. The number of benzene rings is 1. The van der Waals surface area contributed by atoms with Crippen LogP contribution in [0.2, 0.25) is 0 Å². The van der Waals surface area contributed by atoms with Gasteiger partial charge in [-0.3, -0.25) is 4.79 Å². The van der Waals surface area contributed by atoms with Gasteiger partial charge in [0.1, 0.15) is 11.6 Å². The van der Waals surface area contributed by atoms with Gasteiger partial charge in [-0.25, -0.2) is 9.37 Å². The lowest BCUT2D eigenvalue weighted by molar-refractivity contribution is -0.121. The van der Waals surface area contributed by atoms with Crippen LogP contribution in [0.25, 0.3) is 0 Å². The first-order valence-electron chi connectivity index (χ1n) is 9.04. The number of fused-ring (bicyclic) bond motifs is 1. The Bertz CT molecular complexity index is 759. The van der Waals surface area contributed by atoms with Crippen molar-refractivity contribution in [2.75, 3.05) is 18.0 Å². The Morgan fingerprint density at radius 2 is 2.12 bits per heavy atom. The third kappa shape index (κ3) is 3.31. The maximum absolute atomic E-state index is 13.5. The van der Waals surface area contributed by atoms with Crippen molar-refractivity contribution in [1.29, 1.82) is 0 Å². The maximum atomic E-state index is 13.5. The molecule has 1 N–H and O–H groups in total. The second-order valence-corrected chi connectivity index (χ2v) is 6.89. The van der Waals surface area contributed by atoms with Gasteiger partial charge < -0.3 is 14.8 Å². The van der Waals surface area contributed by atoms with E-state index in [2.05, 4.69) is 14.9 Å². The normalized spacial score (nSPS) is 23.6. The molecular weight excluding hydrogens is 319 g/mol. The highest BCUT2D eigenvalue weighted by atomic mass is 19.1. The number of carbonyl (C=O) groups excluding carboxylic acids is 1. The van der Waals surface area contributed by atoms with E-state index in [9.17, 15) is 9.18 Å². The van der Waals surface area contributed by atoms with Crippen molar-refractivity contribution in [3.05, 3.63) is 48.3 Å². The highest BCUT2D eigenvalue weighted by Gasteiger charge is 2.31. The minimum Gasteiger partial charge on any atom is -0.335 e. The summed E-state index contributed by atoms with van der Waals surface area (Å²) in [7, 11) is 0. The fraction of sp³-hybridized carbons (Fsp3) is 0.474. The average molecular weight is 342 g/mol. The van der Waals surface area contributed by atoms with Gasteiger partial charge in [-0.15, -0.1) is 0 Å². The number of hydrogen-bond donors (Lipinski definition) is 1. The van der Waals surface area contributed by atoms with Gasteiger partial charge in [0.2, 0.25) is 5.91 Å². The van der Waals surface area contributed by atoms with Gasteiger partial charge in [0.15, 0.2) is 0 Å². The molecule has 132 valence electrons. The van der Waals surface area contributed by atoms with E-state index < -0.39 is 0 Å². The number of carbonyl (C=O) groups is 1. The molecule has 1 saturated heterocycles. The third-order valence-corrected chi connectivity index (χ3v) is 5.23. The standard InChI is InChI=1S/C19H23FN4O/c20-15-5-1-6-16(12-15)24-10-3-7-17(19(24)25)22-13-14-4-2-9-23-11-8-21-18(14)23/h1,5-6,8,11-12,14,17,22H,2-4,7,9-10,13H2/t14-,17-/m0/s1. The lowest BCUT2D eigenvalue weighted by atomic mass is 9.97. The van der Waals surface area contributed by atoms with Gasteiger partial charge in [-0.05, 0) is 43.9 Å². The molecule has 4 rings (SSSR count). The van der Waals surface area contributed by atoms with E-state index in [-0.39, 0.29) is 17.8 Å². The largest absolute Gasteiger partial charge is 0.335 e. The summed E-state index contributed by atoms with van der Waals surface area (Å²) in [5.74, 6) is 1.19. The molecule has 2 aliphatic heterocycles. The van der Waals surface area contributed by atoms with Crippen LogP contribution in [-0.4, -0.2) is 34.6 Å². The molecule has 1 amide bonds. The van der Waals surface area contributed by atoms with Crippen LogP contribution in [0.15, 0.2) is 36.7 Å². The van der Waals surface area contributed by atoms with E-state index in [0.717, 1.165) is 44.6 Å². The number of aromatic nitrogens is 2. The van der Waals surface area contributed by atoms with E-state index in [0.29, 0.717) is 18.2 Å². The molecule has 0 bridgehead atoms. The summed E-state index contributed by atoms with van der Waals surface area (Å²) in [5.41, 5.74) is 0.643. The van der Waals surface area contributed by atoms with Gasteiger partial charge in [0.25, 0.3) is 0 Å². The van der Waals surface area contributed by atoms with E-state index >= 15 is 0 Å². The van der Waals surface area contributed by atoms with Crippen molar-refractivity contribution in [3.8, 4) is 0 Å². The number of imidazole rings is 1. The molecule has 1 aromatic carbocycles. The molecular formula is C19H23FN4O. The molecule has 0 saturated carbocycles. The number of piperidine rings is 1. The highest BCUT2D eigenvalue weighted by Crippen LogP contribution is 2.26. The molecule has 1 fully saturated rings. The van der Waals surface area contributed by atoms with Crippen molar-refractivity contribution in [1.82, 2.24) is 14.9 Å². The molecule has 2 atom stereocenters. The number of halogens is 1. The summed E-state index contributed by atoms with van der Waals surface area (Å²) in [6.07, 6.45) is 7.86. The van der Waals surface area contributed by atoms with E-state index in [1.807, 2.05) is 12.4 Å². The van der Waals surface area contributed by atoms with Gasteiger partial charge in [0.05, 0.1) is 6.04 Å². The topological polar surface area (TPSA) is 50.2 Å². The zero-order valence-corrected chi connectivity index (χ0v) is 14.2. The number of anilines is 1. The van der Waals surface area contributed by atoms with Gasteiger partial charge in [-0.1, -0.05) is 6.07 Å². The Morgan fingerprint density at radius 3 is 3.00 bits per heavy atom. The van der Waals surface area contributed by atoms with Crippen LogP contribution in [-0.2, 0) is 11.3 Å². The molecule has 2 aliphatic rings. The lowest BCUT2D eigenvalue weighted by Crippen LogP contribution is -2.51. The maximum Gasteiger partial charge on any atom is 0.244 e. The van der Waals surface area contributed by atoms with Crippen LogP contribution in [0.1, 0.15) is 37.4 Å². The van der Waals surface area contributed by atoms with Crippen molar-refractivity contribution >= 4 is 11.6 Å². The Balaban J connectivity index is 1.42. The monoisotopic (exact) mass is 342 g/mol. The first-order valence-corrected chi connectivity index (χ1v) is 9.04. The average Bonchev–Trinajstić information content (AvgIpc) is 3.10. The molecule has 0 radical (unpaired) electrons. The molecule has 5 nitrogen and oxygen atoms in total. The first kappa shape index (κ1) is 16.3. The predicted molar refractivity (Wildman–Crippen MR) is 94.0 cm³/mol. The molecule has 3 heterocycles. The fourth-order valence-electron chi connectivity index (χ4n) is 3.95. The molecule has 6 heteroatoms. The number of amides is 1. The Labute approximate surface area is 146 Å². The van der Waals surface area contributed by atoms with Crippen molar-refractivity contribution < 1.29 is 9.18 Å². The summed E-state index contributed by atoms with van der Waals surface area (Å²) in [5, 5.41) is 3.45. The van der Waals surface area contributed by atoms with Gasteiger partial charge >= 0.3 is 0 Å². The minimum absolute atomic E-state index is 0.0380. The Kier molecular flexibility index (Phi) is 4.53. The Hall–Kier alpha value is -2.21. The summed E-state index contributed by atoms with van der Waals surface area (Å²) in [6.45, 7) is 2.43. The second-order valence-electron chi connectivity index (χ2n) is 6.89. The van der Waals surface area contributed by atoms with Crippen LogP contribution >= 0.6 is 0 Å². The number of hydrogen-bond acceptors (Lipinski definition) is 3. The Morgan fingerprint density at radius 1 is 1.24 bits per heavy atom. The summed E-state index contributed by atoms with van der Waals surface area (Å²) in [6, 6.07) is 6.07. The van der Waals surface area contributed by atoms with Crippen molar-refractivity contribution in [2.45, 2.75) is 44.2 Å². The van der Waals surface area contributed by atoms with Gasteiger partial charge in [-0.2, -0.15) is 0 Å². The molecule has 1 aromatic heterocycles. The highest BCUT2D eigenvalue weighted by molar-refractivity contribution is 5.97. The van der Waals surface area contributed by atoms with Crippen LogP contribution in [0.5, 0.6) is 0 Å². The van der Waals surface area contributed by atoms with Crippen LogP contribution < -0.4 is 10.2 Å². The number of nitrogens with one attached hydrogen (secondary N) is 1. The number of rotatable bonds is 4.